The number of carbonyl (C=O) groups excluding carboxylic acids is 3. The normalized spacial score (nSPS) is 11.8. The summed E-state index contributed by atoms with van der Waals surface area (Å²) >= 11 is 0. The van der Waals surface area contributed by atoms with Crippen molar-refractivity contribution in [2.45, 2.75) is 19.4 Å². The lowest BCUT2D eigenvalue weighted by atomic mass is 10.0. The molecule has 146 valence electrons. The Hall–Kier alpha value is -3.55. The maximum absolute atomic E-state index is 12.2. The number of amides is 1. The molecule has 0 unspecified atom stereocenters. The summed E-state index contributed by atoms with van der Waals surface area (Å²) in [5, 5.41) is 3.51. The van der Waals surface area contributed by atoms with Crippen LogP contribution >= 0.6 is 0 Å². The minimum absolute atomic E-state index is 0.233. The lowest BCUT2D eigenvalue weighted by Crippen LogP contribution is -2.44. The molecule has 8 heteroatoms. The summed E-state index contributed by atoms with van der Waals surface area (Å²) in [4.78, 5) is 39.4. The van der Waals surface area contributed by atoms with Crippen molar-refractivity contribution in [3.63, 3.8) is 0 Å². The summed E-state index contributed by atoms with van der Waals surface area (Å²) in [5.41, 5.74) is 2.03. The van der Waals surface area contributed by atoms with E-state index in [1.165, 1.54) is 19.4 Å². The first-order valence-corrected chi connectivity index (χ1v) is 8.63. The zero-order valence-electron chi connectivity index (χ0n) is 15.5. The molecular weight excluding hydrogens is 364 g/mol. The van der Waals surface area contributed by atoms with E-state index in [1.807, 2.05) is 24.3 Å². The largest absolute Gasteiger partial charge is 0.469 e. The molecular formula is C20H20N2O6. The number of aromatic amines is 1. The van der Waals surface area contributed by atoms with Gasteiger partial charge in [-0.05, 0) is 24.6 Å². The van der Waals surface area contributed by atoms with Crippen molar-refractivity contribution in [3.05, 3.63) is 59.7 Å². The highest BCUT2D eigenvalue weighted by Crippen LogP contribution is 2.19. The molecule has 0 bridgehead atoms. The molecule has 1 amide bonds. The second-order valence-electron chi connectivity index (χ2n) is 6.17. The van der Waals surface area contributed by atoms with E-state index in [9.17, 15) is 14.4 Å². The Balaban J connectivity index is 1.64. The maximum Gasteiger partial charge on any atom is 0.342 e. The molecule has 3 aromatic rings. The number of hydrogen-bond donors (Lipinski definition) is 2. The van der Waals surface area contributed by atoms with Gasteiger partial charge in [-0.1, -0.05) is 18.2 Å². The van der Waals surface area contributed by atoms with Gasteiger partial charge in [-0.2, -0.15) is 0 Å². The summed E-state index contributed by atoms with van der Waals surface area (Å²) < 4.78 is 14.8. The lowest BCUT2D eigenvalue weighted by Gasteiger charge is -2.16. The molecule has 1 atom stereocenters. The van der Waals surface area contributed by atoms with Crippen LogP contribution in [0.3, 0.4) is 0 Å². The van der Waals surface area contributed by atoms with Gasteiger partial charge in [0.1, 0.15) is 17.4 Å². The Morgan fingerprint density at radius 2 is 2.00 bits per heavy atom. The Kier molecular flexibility index (Phi) is 5.78. The van der Waals surface area contributed by atoms with Crippen LogP contribution in [-0.4, -0.2) is 42.6 Å². The predicted octanol–water partition coefficient (Wildman–Crippen LogP) is 2.13. The minimum Gasteiger partial charge on any atom is -0.469 e. The van der Waals surface area contributed by atoms with Crippen LogP contribution in [-0.2, 0) is 25.5 Å². The molecule has 0 aliphatic heterocycles. The number of furan rings is 1. The van der Waals surface area contributed by atoms with E-state index >= 15 is 0 Å². The molecule has 2 N–H and O–H groups in total. The molecule has 0 spiro atoms. The average Bonchev–Trinajstić information content (AvgIpc) is 3.31. The van der Waals surface area contributed by atoms with E-state index in [4.69, 9.17) is 13.9 Å². The van der Waals surface area contributed by atoms with E-state index < -0.39 is 30.5 Å². The first-order valence-electron chi connectivity index (χ1n) is 8.63. The number of para-hydroxylation sites is 1. The number of benzene rings is 1. The van der Waals surface area contributed by atoms with Gasteiger partial charge in [0, 0.05) is 23.5 Å². The maximum atomic E-state index is 12.2. The lowest BCUT2D eigenvalue weighted by molar-refractivity contribution is -0.145. The number of fused-ring (bicyclic) bond motifs is 1. The number of methoxy groups -OCH3 is 1. The number of rotatable bonds is 7. The third kappa shape index (κ3) is 4.22. The smallest absolute Gasteiger partial charge is 0.342 e. The highest BCUT2D eigenvalue weighted by atomic mass is 16.5. The van der Waals surface area contributed by atoms with Gasteiger partial charge in [-0.25, -0.2) is 9.59 Å². The zero-order valence-corrected chi connectivity index (χ0v) is 15.5. The number of aromatic nitrogens is 1. The minimum atomic E-state index is -0.911. The number of aryl methyl sites for hydroxylation is 1. The second-order valence-corrected chi connectivity index (χ2v) is 6.17. The Bertz CT molecular complexity index is 1000. The first kappa shape index (κ1) is 19.2. The molecule has 2 aromatic heterocycles. The quantitative estimate of drug-likeness (QED) is 0.604. The van der Waals surface area contributed by atoms with Gasteiger partial charge in [-0.3, -0.25) is 4.79 Å². The molecule has 0 aliphatic carbocycles. The number of ether oxygens (including phenoxy) is 2. The van der Waals surface area contributed by atoms with Crippen molar-refractivity contribution in [3.8, 4) is 0 Å². The molecule has 3 rings (SSSR count). The molecule has 1 aromatic carbocycles. The molecule has 0 saturated heterocycles. The van der Waals surface area contributed by atoms with Crippen LogP contribution in [0.1, 0.15) is 21.7 Å². The van der Waals surface area contributed by atoms with Crippen LogP contribution < -0.4 is 5.32 Å². The molecule has 0 aliphatic rings. The summed E-state index contributed by atoms with van der Waals surface area (Å²) in [6.07, 6.45) is 3.38. The summed E-state index contributed by atoms with van der Waals surface area (Å²) in [5.74, 6) is -1.47. The molecule has 2 heterocycles. The van der Waals surface area contributed by atoms with Crippen LogP contribution in [0, 0.1) is 6.92 Å². The molecule has 0 radical (unpaired) electrons. The standard InChI is InChI=1S/C20H20N2O6/c1-12-14(7-8-27-12)19(24)28-11-18(23)22-17(20(25)26-2)9-13-10-21-16-6-4-3-5-15(13)16/h3-8,10,17,21H,9,11H2,1-2H3,(H,22,23)/t17-/m1/s1. The topological polar surface area (TPSA) is 111 Å². The Morgan fingerprint density at radius 3 is 2.71 bits per heavy atom. The highest BCUT2D eigenvalue weighted by Gasteiger charge is 2.24. The van der Waals surface area contributed by atoms with Gasteiger partial charge in [-0.15, -0.1) is 0 Å². The number of esters is 2. The Morgan fingerprint density at radius 1 is 1.21 bits per heavy atom. The van der Waals surface area contributed by atoms with Gasteiger partial charge in [0.05, 0.1) is 13.4 Å². The number of hydrogen-bond acceptors (Lipinski definition) is 6. The molecule has 8 nitrogen and oxygen atoms in total. The van der Waals surface area contributed by atoms with E-state index in [-0.39, 0.29) is 12.0 Å². The van der Waals surface area contributed by atoms with Crippen LogP contribution in [0.5, 0.6) is 0 Å². The van der Waals surface area contributed by atoms with Gasteiger partial charge in [0.2, 0.25) is 0 Å². The Labute approximate surface area is 160 Å². The highest BCUT2D eigenvalue weighted by molar-refractivity contribution is 5.93. The van der Waals surface area contributed by atoms with Crippen molar-refractivity contribution in [2.24, 2.45) is 0 Å². The van der Waals surface area contributed by atoms with E-state index in [0.29, 0.717) is 5.76 Å². The van der Waals surface area contributed by atoms with Crippen molar-refractivity contribution >= 4 is 28.7 Å². The summed E-state index contributed by atoms with van der Waals surface area (Å²) in [6.45, 7) is 1.09. The SMILES string of the molecule is COC(=O)[C@@H](Cc1c[nH]c2ccccc12)NC(=O)COC(=O)c1ccoc1C. The summed E-state index contributed by atoms with van der Waals surface area (Å²) in [6, 6.07) is 8.19. The van der Waals surface area contributed by atoms with Crippen LogP contribution in [0.2, 0.25) is 0 Å². The van der Waals surface area contributed by atoms with Gasteiger partial charge < -0.3 is 24.2 Å². The van der Waals surface area contributed by atoms with Gasteiger partial charge in [0.25, 0.3) is 5.91 Å². The van der Waals surface area contributed by atoms with E-state index in [2.05, 4.69) is 10.3 Å². The third-order valence-corrected chi connectivity index (χ3v) is 4.33. The van der Waals surface area contributed by atoms with Crippen LogP contribution in [0.15, 0.2) is 47.2 Å². The van der Waals surface area contributed by atoms with Crippen LogP contribution in [0.25, 0.3) is 10.9 Å². The fraction of sp³-hybridized carbons (Fsp3) is 0.250. The molecule has 0 saturated carbocycles. The number of carbonyl (C=O) groups is 3. The molecule has 0 fully saturated rings. The van der Waals surface area contributed by atoms with Crippen molar-refractivity contribution < 1.29 is 28.3 Å². The first-order chi connectivity index (χ1) is 13.5. The fourth-order valence-electron chi connectivity index (χ4n) is 2.90. The van der Waals surface area contributed by atoms with E-state index in [1.54, 1.807) is 13.1 Å². The van der Waals surface area contributed by atoms with Gasteiger partial charge in [0.15, 0.2) is 6.61 Å². The monoisotopic (exact) mass is 384 g/mol. The van der Waals surface area contributed by atoms with Gasteiger partial charge >= 0.3 is 11.9 Å². The van der Waals surface area contributed by atoms with Crippen molar-refractivity contribution in [1.82, 2.24) is 10.3 Å². The van der Waals surface area contributed by atoms with Crippen LogP contribution in [0.4, 0.5) is 0 Å². The summed E-state index contributed by atoms with van der Waals surface area (Å²) in [7, 11) is 1.25. The average molecular weight is 384 g/mol. The predicted molar refractivity (Wildman–Crippen MR) is 99.7 cm³/mol. The third-order valence-electron chi connectivity index (χ3n) is 4.33. The second kappa shape index (κ2) is 8.43. The fourth-order valence-corrected chi connectivity index (χ4v) is 2.90. The zero-order chi connectivity index (χ0) is 20.1. The van der Waals surface area contributed by atoms with Crippen molar-refractivity contribution in [2.75, 3.05) is 13.7 Å². The van der Waals surface area contributed by atoms with E-state index in [0.717, 1.165) is 16.5 Å². The molecule has 28 heavy (non-hydrogen) atoms. The number of nitrogens with one attached hydrogen (secondary N) is 2. The van der Waals surface area contributed by atoms with Crippen molar-refractivity contribution in [1.29, 1.82) is 0 Å². The number of H-pyrrole nitrogens is 1.